The monoisotopic (exact) mass is 219 g/mol. The first kappa shape index (κ1) is 12.9. The van der Waals surface area contributed by atoms with Crippen LogP contribution in [0.15, 0.2) is 12.1 Å². The molecule has 0 saturated carbocycles. The molecule has 0 radical (unpaired) electrons. The van der Waals surface area contributed by atoms with Crippen LogP contribution in [0.3, 0.4) is 0 Å². The van der Waals surface area contributed by atoms with E-state index in [-0.39, 0.29) is 29.9 Å². The van der Waals surface area contributed by atoms with Crippen LogP contribution < -0.4 is 5.73 Å². The van der Waals surface area contributed by atoms with Crippen molar-refractivity contribution >= 4 is 12.4 Å². The molecule has 0 saturated heterocycles. The number of benzene rings is 1. The molecule has 0 heterocycles. The molecule has 0 amide bonds. The number of phenols is 3. The highest BCUT2D eigenvalue weighted by atomic mass is 35.5. The van der Waals surface area contributed by atoms with E-state index in [0.29, 0.717) is 12.0 Å². The fourth-order valence-electron chi connectivity index (χ4n) is 1.10. The van der Waals surface area contributed by atoms with Gasteiger partial charge in [0.2, 0.25) is 5.75 Å². The summed E-state index contributed by atoms with van der Waals surface area (Å²) in [5.41, 5.74) is 6.10. The van der Waals surface area contributed by atoms with Crippen molar-refractivity contribution in [2.24, 2.45) is 5.73 Å². The van der Waals surface area contributed by atoms with E-state index >= 15 is 0 Å². The smallest absolute Gasteiger partial charge is 0.200 e. The van der Waals surface area contributed by atoms with Gasteiger partial charge in [-0.25, -0.2) is 0 Å². The Balaban J connectivity index is 0.00000169. The summed E-state index contributed by atoms with van der Waals surface area (Å²) in [5.74, 6) is -1.19. The number of hydrogen-bond acceptors (Lipinski definition) is 4. The SMILES string of the molecule is CC[C@H](N)c1ccc(O)c(O)c1O.Cl. The first-order chi connectivity index (χ1) is 6.07. The van der Waals surface area contributed by atoms with Crippen molar-refractivity contribution in [2.75, 3.05) is 0 Å². The highest BCUT2D eigenvalue weighted by molar-refractivity contribution is 5.85. The predicted octanol–water partition coefficient (Wildman–Crippen LogP) is 1.63. The third-order valence-corrected chi connectivity index (χ3v) is 2.00. The van der Waals surface area contributed by atoms with Crippen LogP contribution in [0.25, 0.3) is 0 Å². The van der Waals surface area contributed by atoms with Gasteiger partial charge in [-0.15, -0.1) is 12.4 Å². The second kappa shape index (κ2) is 4.93. The molecule has 0 spiro atoms. The van der Waals surface area contributed by atoms with Gasteiger partial charge in [0.15, 0.2) is 11.5 Å². The second-order valence-electron chi connectivity index (χ2n) is 2.89. The fourth-order valence-corrected chi connectivity index (χ4v) is 1.10. The molecule has 1 aromatic rings. The molecule has 0 aliphatic heterocycles. The molecule has 1 aromatic carbocycles. The maximum absolute atomic E-state index is 9.39. The molecule has 0 bridgehead atoms. The van der Waals surface area contributed by atoms with Crippen LogP contribution in [0.5, 0.6) is 17.2 Å². The Labute approximate surface area is 88.4 Å². The molecule has 0 aliphatic rings. The number of rotatable bonds is 2. The van der Waals surface area contributed by atoms with Gasteiger partial charge < -0.3 is 21.1 Å². The van der Waals surface area contributed by atoms with Gasteiger partial charge in [0.1, 0.15) is 0 Å². The van der Waals surface area contributed by atoms with Crippen molar-refractivity contribution in [2.45, 2.75) is 19.4 Å². The average molecular weight is 220 g/mol. The van der Waals surface area contributed by atoms with Gasteiger partial charge in [-0.2, -0.15) is 0 Å². The number of halogens is 1. The Morgan fingerprint density at radius 3 is 2.29 bits per heavy atom. The lowest BCUT2D eigenvalue weighted by molar-refractivity contribution is 0.362. The normalized spacial score (nSPS) is 11.9. The van der Waals surface area contributed by atoms with Crippen molar-refractivity contribution in [3.8, 4) is 17.2 Å². The van der Waals surface area contributed by atoms with Gasteiger partial charge in [0, 0.05) is 11.6 Å². The summed E-state index contributed by atoms with van der Waals surface area (Å²) < 4.78 is 0. The van der Waals surface area contributed by atoms with Crippen molar-refractivity contribution in [3.63, 3.8) is 0 Å². The molecule has 0 unspecified atom stereocenters. The molecule has 80 valence electrons. The summed E-state index contributed by atoms with van der Waals surface area (Å²) in [5, 5.41) is 27.6. The summed E-state index contributed by atoms with van der Waals surface area (Å²) >= 11 is 0. The summed E-state index contributed by atoms with van der Waals surface area (Å²) in [6.45, 7) is 1.87. The van der Waals surface area contributed by atoms with Crippen molar-refractivity contribution in [3.05, 3.63) is 17.7 Å². The van der Waals surface area contributed by atoms with Crippen LogP contribution in [0.1, 0.15) is 24.9 Å². The van der Waals surface area contributed by atoms with E-state index in [1.165, 1.54) is 12.1 Å². The van der Waals surface area contributed by atoms with E-state index in [9.17, 15) is 10.2 Å². The van der Waals surface area contributed by atoms with Gasteiger partial charge in [-0.05, 0) is 18.6 Å². The fraction of sp³-hybridized carbons (Fsp3) is 0.333. The van der Waals surface area contributed by atoms with E-state index in [2.05, 4.69) is 0 Å². The zero-order valence-corrected chi connectivity index (χ0v) is 8.58. The van der Waals surface area contributed by atoms with Crippen molar-refractivity contribution < 1.29 is 15.3 Å². The van der Waals surface area contributed by atoms with E-state index in [1.54, 1.807) is 0 Å². The molecule has 1 atom stereocenters. The quantitative estimate of drug-likeness (QED) is 0.570. The molecule has 5 N–H and O–H groups in total. The van der Waals surface area contributed by atoms with Gasteiger partial charge in [0.25, 0.3) is 0 Å². The van der Waals surface area contributed by atoms with Gasteiger partial charge in [-0.1, -0.05) is 6.92 Å². The van der Waals surface area contributed by atoms with Gasteiger partial charge in [0.05, 0.1) is 0 Å². The Kier molecular flexibility index (Phi) is 4.53. The first-order valence-electron chi connectivity index (χ1n) is 4.07. The first-order valence-corrected chi connectivity index (χ1v) is 4.07. The van der Waals surface area contributed by atoms with Crippen LogP contribution in [-0.4, -0.2) is 15.3 Å². The van der Waals surface area contributed by atoms with Gasteiger partial charge >= 0.3 is 0 Å². The average Bonchev–Trinajstić information content (AvgIpc) is 2.13. The van der Waals surface area contributed by atoms with Crippen LogP contribution in [-0.2, 0) is 0 Å². The highest BCUT2D eigenvalue weighted by Gasteiger charge is 2.14. The molecule has 0 fully saturated rings. The molecule has 4 nitrogen and oxygen atoms in total. The molecule has 14 heavy (non-hydrogen) atoms. The zero-order valence-electron chi connectivity index (χ0n) is 7.77. The minimum Gasteiger partial charge on any atom is -0.504 e. The topological polar surface area (TPSA) is 86.7 Å². The predicted molar refractivity (Wildman–Crippen MR) is 55.9 cm³/mol. The summed E-state index contributed by atoms with van der Waals surface area (Å²) in [6, 6.07) is 2.48. The van der Waals surface area contributed by atoms with Crippen molar-refractivity contribution in [1.29, 1.82) is 0 Å². The molecule has 1 rings (SSSR count). The van der Waals surface area contributed by atoms with Crippen molar-refractivity contribution in [1.82, 2.24) is 0 Å². The molecular formula is C9H14ClNO3. The lowest BCUT2D eigenvalue weighted by atomic mass is 10.0. The minimum absolute atomic E-state index is 0. The Hall–Kier alpha value is -1.13. The Morgan fingerprint density at radius 2 is 1.79 bits per heavy atom. The standard InChI is InChI=1S/C9H13NO3.ClH/c1-2-6(10)5-3-4-7(11)9(13)8(5)12;/h3-4,6,11-13H,2,10H2,1H3;1H/t6-;/m0./s1. The number of hydrogen-bond donors (Lipinski definition) is 4. The second-order valence-corrected chi connectivity index (χ2v) is 2.89. The molecule has 5 heteroatoms. The lowest BCUT2D eigenvalue weighted by Gasteiger charge is -2.12. The third kappa shape index (κ3) is 2.21. The van der Waals surface area contributed by atoms with Crippen LogP contribution in [0, 0.1) is 0 Å². The Bertz CT molecular complexity index is 317. The highest BCUT2D eigenvalue weighted by Crippen LogP contribution is 2.39. The minimum atomic E-state index is -0.513. The summed E-state index contributed by atoms with van der Waals surface area (Å²) in [6.07, 6.45) is 0.651. The van der Waals surface area contributed by atoms with E-state index in [0.717, 1.165) is 0 Å². The number of nitrogens with two attached hydrogens (primary N) is 1. The van der Waals surface area contributed by atoms with Crippen LogP contribution in [0.4, 0.5) is 0 Å². The Morgan fingerprint density at radius 1 is 1.21 bits per heavy atom. The summed E-state index contributed by atoms with van der Waals surface area (Å²) in [7, 11) is 0. The largest absolute Gasteiger partial charge is 0.504 e. The maximum Gasteiger partial charge on any atom is 0.200 e. The summed E-state index contributed by atoms with van der Waals surface area (Å²) in [4.78, 5) is 0. The third-order valence-electron chi connectivity index (χ3n) is 2.00. The maximum atomic E-state index is 9.39. The lowest BCUT2D eigenvalue weighted by Crippen LogP contribution is -2.08. The molecule has 0 aliphatic carbocycles. The zero-order chi connectivity index (χ0) is 10.0. The molecular weight excluding hydrogens is 206 g/mol. The van der Waals surface area contributed by atoms with Crippen LogP contribution >= 0.6 is 12.4 Å². The van der Waals surface area contributed by atoms with E-state index < -0.39 is 5.75 Å². The number of aromatic hydroxyl groups is 3. The molecule has 0 aromatic heterocycles. The van der Waals surface area contributed by atoms with Gasteiger partial charge in [-0.3, -0.25) is 0 Å². The van der Waals surface area contributed by atoms with E-state index in [4.69, 9.17) is 10.8 Å². The van der Waals surface area contributed by atoms with Crippen LogP contribution in [0.2, 0.25) is 0 Å². The number of phenolic OH excluding ortho intramolecular Hbond substituents is 3. The van der Waals surface area contributed by atoms with E-state index in [1.807, 2.05) is 6.92 Å².